The summed E-state index contributed by atoms with van der Waals surface area (Å²) in [6.45, 7) is 5.98. The summed E-state index contributed by atoms with van der Waals surface area (Å²) >= 11 is 0. The lowest BCUT2D eigenvalue weighted by Crippen LogP contribution is -2.24. The van der Waals surface area contributed by atoms with E-state index >= 15 is 0 Å². The highest BCUT2D eigenvalue weighted by molar-refractivity contribution is 5.65. The molecule has 0 aromatic carbocycles. The Morgan fingerprint density at radius 1 is 1.23 bits per heavy atom. The second-order valence-electron chi connectivity index (χ2n) is 4.07. The Bertz CT molecular complexity index is 197. The third-order valence-corrected chi connectivity index (χ3v) is 1.80. The Labute approximate surface area is 80.0 Å². The fourth-order valence-electron chi connectivity index (χ4n) is 0.749. The molecule has 1 atom stereocenters. The smallest absolute Gasteiger partial charge is 0.142 e. The summed E-state index contributed by atoms with van der Waals surface area (Å²) in [4.78, 5) is 9.89. The van der Waals surface area contributed by atoms with Crippen LogP contribution < -0.4 is 0 Å². The minimum atomic E-state index is -0.339. The number of allylic oxidation sites excluding steroid dienone is 3. The lowest BCUT2D eigenvalue weighted by molar-refractivity contribution is -0.104. The molecule has 0 bridgehead atoms. The van der Waals surface area contributed by atoms with E-state index in [1.165, 1.54) is 6.08 Å². The van der Waals surface area contributed by atoms with Crippen LogP contribution in [0.25, 0.3) is 0 Å². The highest BCUT2D eigenvalue weighted by Gasteiger charge is 2.19. The van der Waals surface area contributed by atoms with Gasteiger partial charge in [-0.3, -0.25) is 4.79 Å². The van der Waals surface area contributed by atoms with E-state index in [0.717, 1.165) is 6.29 Å². The summed E-state index contributed by atoms with van der Waals surface area (Å²) < 4.78 is 0. The Morgan fingerprint density at radius 3 is 2.31 bits per heavy atom. The zero-order valence-corrected chi connectivity index (χ0v) is 8.53. The molecule has 0 aliphatic carbocycles. The van der Waals surface area contributed by atoms with Crippen molar-refractivity contribution in [2.45, 2.75) is 33.3 Å². The molecule has 2 heteroatoms. The van der Waals surface area contributed by atoms with Crippen LogP contribution in [0.15, 0.2) is 24.3 Å². The second-order valence-corrected chi connectivity index (χ2v) is 4.07. The molecule has 2 nitrogen and oxygen atoms in total. The van der Waals surface area contributed by atoms with Crippen molar-refractivity contribution in [2.75, 3.05) is 0 Å². The van der Waals surface area contributed by atoms with Gasteiger partial charge in [0, 0.05) is 0 Å². The van der Waals surface area contributed by atoms with Crippen LogP contribution in [0.5, 0.6) is 0 Å². The van der Waals surface area contributed by atoms with Crippen molar-refractivity contribution in [1.29, 1.82) is 0 Å². The van der Waals surface area contributed by atoms with E-state index in [0.29, 0.717) is 6.42 Å². The van der Waals surface area contributed by atoms with Gasteiger partial charge in [-0.25, -0.2) is 0 Å². The lowest BCUT2D eigenvalue weighted by Gasteiger charge is -2.24. The standard InChI is InChI=1S/C11H18O2/c1-11(2,3)10(13)8-6-4-5-7-9-12/h4-7,9-10,13H,8H2,1-3H3/b6-4+,7-5+. The minimum absolute atomic E-state index is 0.0846. The molecule has 0 radical (unpaired) electrons. The number of hydrogen-bond donors (Lipinski definition) is 1. The Balaban J connectivity index is 3.82. The summed E-state index contributed by atoms with van der Waals surface area (Å²) in [6.07, 6.45) is 7.70. The van der Waals surface area contributed by atoms with E-state index in [9.17, 15) is 9.90 Å². The van der Waals surface area contributed by atoms with Crippen molar-refractivity contribution in [2.24, 2.45) is 5.41 Å². The van der Waals surface area contributed by atoms with Crippen molar-refractivity contribution >= 4 is 6.29 Å². The molecule has 0 aliphatic rings. The predicted octanol–water partition coefficient (Wildman–Crippen LogP) is 2.09. The molecule has 0 aromatic rings. The Hall–Kier alpha value is -0.890. The molecule has 1 unspecified atom stereocenters. The first-order chi connectivity index (χ1) is 5.98. The molecule has 0 aliphatic heterocycles. The van der Waals surface area contributed by atoms with Gasteiger partial charge in [-0.2, -0.15) is 0 Å². The molecule has 0 rings (SSSR count). The molecule has 0 heterocycles. The van der Waals surface area contributed by atoms with Gasteiger partial charge in [0.1, 0.15) is 6.29 Å². The predicted molar refractivity (Wildman–Crippen MR) is 54.4 cm³/mol. The van der Waals surface area contributed by atoms with Crippen LogP contribution in [0.3, 0.4) is 0 Å². The second kappa shape index (κ2) is 5.70. The van der Waals surface area contributed by atoms with Crippen molar-refractivity contribution in [3.8, 4) is 0 Å². The normalized spacial score (nSPS) is 15.4. The highest BCUT2D eigenvalue weighted by atomic mass is 16.3. The first-order valence-electron chi connectivity index (χ1n) is 4.43. The van der Waals surface area contributed by atoms with Gasteiger partial charge in [-0.05, 0) is 17.9 Å². The molecular formula is C11H18O2. The zero-order chi connectivity index (χ0) is 10.3. The van der Waals surface area contributed by atoms with Gasteiger partial charge >= 0.3 is 0 Å². The van der Waals surface area contributed by atoms with Crippen molar-refractivity contribution in [3.05, 3.63) is 24.3 Å². The number of carbonyl (C=O) groups excluding carboxylic acids is 1. The van der Waals surface area contributed by atoms with E-state index in [1.54, 1.807) is 12.2 Å². The van der Waals surface area contributed by atoms with Crippen molar-refractivity contribution in [3.63, 3.8) is 0 Å². The number of rotatable bonds is 4. The van der Waals surface area contributed by atoms with Gasteiger partial charge in [-0.15, -0.1) is 0 Å². The van der Waals surface area contributed by atoms with Crippen LogP contribution in [0.1, 0.15) is 27.2 Å². The summed E-state index contributed by atoms with van der Waals surface area (Å²) in [5.41, 5.74) is -0.0846. The monoisotopic (exact) mass is 182 g/mol. The fraction of sp³-hybridized carbons (Fsp3) is 0.545. The topological polar surface area (TPSA) is 37.3 Å². The van der Waals surface area contributed by atoms with Crippen molar-refractivity contribution < 1.29 is 9.90 Å². The molecule has 1 N–H and O–H groups in total. The maximum Gasteiger partial charge on any atom is 0.142 e. The van der Waals surface area contributed by atoms with E-state index in [1.807, 2.05) is 26.8 Å². The number of aliphatic hydroxyl groups excluding tert-OH is 1. The van der Waals surface area contributed by atoms with E-state index in [2.05, 4.69) is 0 Å². The Kier molecular flexibility index (Phi) is 5.31. The molecule has 13 heavy (non-hydrogen) atoms. The number of aliphatic hydroxyl groups is 1. The maximum atomic E-state index is 9.89. The molecule has 0 amide bonds. The van der Waals surface area contributed by atoms with E-state index < -0.39 is 0 Å². The summed E-state index contributed by atoms with van der Waals surface area (Å²) in [5, 5.41) is 9.60. The maximum absolute atomic E-state index is 9.89. The van der Waals surface area contributed by atoms with Gasteiger partial charge in [0.2, 0.25) is 0 Å². The lowest BCUT2D eigenvalue weighted by atomic mass is 9.87. The Morgan fingerprint density at radius 2 is 1.85 bits per heavy atom. The number of hydrogen-bond acceptors (Lipinski definition) is 2. The summed E-state index contributed by atoms with van der Waals surface area (Å²) in [6, 6.07) is 0. The molecule has 0 saturated heterocycles. The third kappa shape index (κ3) is 6.29. The molecule has 74 valence electrons. The number of aldehydes is 1. The van der Waals surface area contributed by atoms with Crippen LogP contribution in [0.2, 0.25) is 0 Å². The molecule has 0 saturated carbocycles. The van der Waals surface area contributed by atoms with Gasteiger partial charge in [-0.1, -0.05) is 39.0 Å². The van der Waals surface area contributed by atoms with Crippen LogP contribution in [0, 0.1) is 5.41 Å². The fourth-order valence-corrected chi connectivity index (χ4v) is 0.749. The third-order valence-electron chi connectivity index (χ3n) is 1.80. The SMILES string of the molecule is CC(C)(C)C(O)C/C=C/C=C/C=O. The molecule has 0 fully saturated rings. The number of carbonyl (C=O) groups is 1. The summed E-state index contributed by atoms with van der Waals surface area (Å²) in [5.74, 6) is 0. The first kappa shape index (κ1) is 12.1. The van der Waals surface area contributed by atoms with E-state index in [4.69, 9.17) is 0 Å². The summed E-state index contributed by atoms with van der Waals surface area (Å²) in [7, 11) is 0. The minimum Gasteiger partial charge on any atom is -0.392 e. The average molecular weight is 182 g/mol. The zero-order valence-electron chi connectivity index (χ0n) is 8.53. The van der Waals surface area contributed by atoms with Crippen LogP contribution in [-0.4, -0.2) is 17.5 Å². The van der Waals surface area contributed by atoms with E-state index in [-0.39, 0.29) is 11.5 Å². The van der Waals surface area contributed by atoms with Crippen LogP contribution in [0.4, 0.5) is 0 Å². The van der Waals surface area contributed by atoms with Gasteiger partial charge in [0.05, 0.1) is 6.10 Å². The van der Waals surface area contributed by atoms with Crippen LogP contribution in [-0.2, 0) is 4.79 Å². The highest BCUT2D eigenvalue weighted by Crippen LogP contribution is 2.21. The first-order valence-corrected chi connectivity index (χ1v) is 4.43. The molecular weight excluding hydrogens is 164 g/mol. The molecule has 0 spiro atoms. The average Bonchev–Trinajstić information content (AvgIpc) is 2.02. The quantitative estimate of drug-likeness (QED) is 0.410. The van der Waals surface area contributed by atoms with Crippen molar-refractivity contribution in [1.82, 2.24) is 0 Å². The largest absolute Gasteiger partial charge is 0.392 e. The molecule has 0 aromatic heterocycles. The van der Waals surface area contributed by atoms with Crippen LogP contribution >= 0.6 is 0 Å². The van der Waals surface area contributed by atoms with Gasteiger partial charge < -0.3 is 5.11 Å². The van der Waals surface area contributed by atoms with Gasteiger partial charge in [0.25, 0.3) is 0 Å². The van der Waals surface area contributed by atoms with Gasteiger partial charge in [0.15, 0.2) is 0 Å².